The molecule has 0 aliphatic heterocycles. The molecule has 0 unspecified atom stereocenters. The highest BCUT2D eigenvalue weighted by atomic mass is 19.4. The predicted octanol–water partition coefficient (Wildman–Crippen LogP) is 14.1. The minimum atomic E-state index is -4.83. The van der Waals surface area contributed by atoms with Crippen molar-refractivity contribution in [2.75, 3.05) is 0 Å². The van der Waals surface area contributed by atoms with Gasteiger partial charge >= 0.3 is 6.18 Å². The van der Waals surface area contributed by atoms with E-state index in [-0.39, 0.29) is 22.3 Å². The van der Waals surface area contributed by atoms with Crippen LogP contribution in [0.2, 0.25) is 0 Å². The first-order valence-electron chi connectivity index (χ1n) is 19.2. The van der Waals surface area contributed by atoms with Gasteiger partial charge in [0, 0.05) is 54.2 Å². The van der Waals surface area contributed by atoms with E-state index in [9.17, 15) is 10.5 Å². The van der Waals surface area contributed by atoms with E-state index >= 15 is 13.2 Å². The van der Waals surface area contributed by atoms with E-state index in [1.165, 1.54) is 12.1 Å². The SMILES string of the molecule is N#Cc1cc(-n2c3ccccc3c3ccc4c5ccccc5oc4c32)c(-n2c3ccccc3c3ccc4c5ccccc5oc4c32)cc1-c1c(C#N)cccc1C(F)(F)F. The summed E-state index contributed by atoms with van der Waals surface area (Å²) in [6.07, 6.45) is -4.83. The third-order valence-electron chi connectivity index (χ3n) is 11.8. The first-order valence-corrected chi connectivity index (χ1v) is 19.2. The van der Waals surface area contributed by atoms with Crippen molar-refractivity contribution in [2.45, 2.75) is 6.18 Å². The summed E-state index contributed by atoms with van der Waals surface area (Å²) in [7, 11) is 0. The van der Waals surface area contributed by atoms with Gasteiger partial charge in [-0.3, -0.25) is 0 Å². The Morgan fingerprint density at radius 1 is 0.450 bits per heavy atom. The Morgan fingerprint density at radius 3 is 1.43 bits per heavy atom. The number of fused-ring (bicyclic) bond motifs is 14. The molecule has 4 heterocycles. The topological polar surface area (TPSA) is 83.7 Å². The van der Waals surface area contributed by atoms with Gasteiger partial charge in [-0.2, -0.15) is 23.7 Å². The quantitative estimate of drug-likeness (QED) is 0.179. The molecule has 0 spiro atoms. The summed E-state index contributed by atoms with van der Waals surface area (Å²) in [5.41, 5.74) is 4.88. The molecule has 0 radical (unpaired) electrons. The molecule has 6 nitrogen and oxygen atoms in total. The molecule has 0 aliphatic carbocycles. The molecule has 0 fully saturated rings. The Kier molecular flexibility index (Phi) is 6.84. The third-order valence-corrected chi connectivity index (χ3v) is 11.8. The molecule has 0 aliphatic rings. The van der Waals surface area contributed by atoms with Crippen LogP contribution in [-0.4, -0.2) is 9.13 Å². The van der Waals surface area contributed by atoms with Crippen molar-refractivity contribution in [2.24, 2.45) is 0 Å². The lowest BCUT2D eigenvalue weighted by atomic mass is 9.90. The van der Waals surface area contributed by atoms with Crippen LogP contribution in [0.1, 0.15) is 16.7 Å². The highest BCUT2D eigenvalue weighted by Gasteiger charge is 2.36. The van der Waals surface area contributed by atoms with Gasteiger partial charge in [0.15, 0.2) is 11.2 Å². The molecule has 12 aromatic rings. The maximum Gasteiger partial charge on any atom is 0.417 e. The molecule has 0 atom stereocenters. The summed E-state index contributed by atoms with van der Waals surface area (Å²) in [5, 5.41) is 28.5. The van der Waals surface area contributed by atoms with Crippen molar-refractivity contribution >= 4 is 87.5 Å². The van der Waals surface area contributed by atoms with Gasteiger partial charge in [0.05, 0.1) is 62.3 Å². The average Bonchev–Trinajstić information content (AvgIpc) is 4.03. The van der Waals surface area contributed by atoms with Gasteiger partial charge in [-0.05, 0) is 60.7 Å². The Morgan fingerprint density at radius 2 is 0.917 bits per heavy atom. The van der Waals surface area contributed by atoms with Crippen LogP contribution in [0.3, 0.4) is 0 Å². The van der Waals surface area contributed by atoms with Crippen LogP contribution in [0.5, 0.6) is 0 Å². The summed E-state index contributed by atoms with van der Waals surface area (Å²) in [6.45, 7) is 0. The summed E-state index contributed by atoms with van der Waals surface area (Å²) in [5.74, 6) is 0. The second-order valence-electron chi connectivity index (χ2n) is 14.9. The summed E-state index contributed by atoms with van der Waals surface area (Å²) >= 11 is 0. The molecule has 0 amide bonds. The van der Waals surface area contributed by atoms with Crippen LogP contribution < -0.4 is 0 Å². The average molecular weight is 783 g/mol. The Bertz CT molecular complexity index is 3920. The number of benzene rings is 8. The number of nitriles is 2. The maximum atomic E-state index is 15.0. The zero-order valence-electron chi connectivity index (χ0n) is 31.2. The lowest BCUT2D eigenvalue weighted by molar-refractivity contribution is -0.137. The molecule has 9 heteroatoms. The van der Waals surface area contributed by atoms with E-state index in [1.807, 2.05) is 126 Å². The van der Waals surface area contributed by atoms with Gasteiger partial charge in [-0.1, -0.05) is 91.0 Å². The third kappa shape index (κ3) is 4.51. The molecular weight excluding hydrogens is 758 g/mol. The van der Waals surface area contributed by atoms with Crippen molar-refractivity contribution < 1.29 is 22.0 Å². The lowest BCUT2D eigenvalue weighted by Crippen LogP contribution is -2.10. The number of nitrogens with zero attached hydrogens (tertiary/aromatic N) is 4. The monoisotopic (exact) mass is 782 g/mol. The molecule has 12 rings (SSSR count). The molecule has 0 N–H and O–H groups in total. The Hall–Kier alpha value is -8.27. The fourth-order valence-electron chi connectivity index (χ4n) is 9.37. The second kappa shape index (κ2) is 12.1. The van der Waals surface area contributed by atoms with Crippen LogP contribution in [0.25, 0.3) is 110 Å². The molecule has 8 aromatic carbocycles. The van der Waals surface area contributed by atoms with Gasteiger partial charge in [-0.15, -0.1) is 0 Å². The van der Waals surface area contributed by atoms with E-state index in [0.29, 0.717) is 39.2 Å². The van der Waals surface area contributed by atoms with E-state index in [0.717, 1.165) is 65.7 Å². The van der Waals surface area contributed by atoms with Crippen LogP contribution in [-0.2, 0) is 6.18 Å². The van der Waals surface area contributed by atoms with E-state index in [1.54, 1.807) is 12.1 Å². The molecule has 4 aromatic heterocycles. The van der Waals surface area contributed by atoms with Crippen molar-refractivity contribution in [1.82, 2.24) is 9.13 Å². The van der Waals surface area contributed by atoms with Gasteiger partial charge in [0.25, 0.3) is 0 Å². The Balaban J connectivity index is 1.34. The van der Waals surface area contributed by atoms with Crippen molar-refractivity contribution in [3.05, 3.63) is 168 Å². The smallest absolute Gasteiger partial charge is 0.417 e. The predicted molar refractivity (Wildman–Crippen MR) is 230 cm³/mol. The van der Waals surface area contributed by atoms with Crippen LogP contribution in [0, 0.1) is 22.7 Å². The zero-order valence-corrected chi connectivity index (χ0v) is 31.2. The van der Waals surface area contributed by atoms with Crippen molar-refractivity contribution in [3.8, 4) is 34.6 Å². The van der Waals surface area contributed by atoms with Gasteiger partial charge in [0.2, 0.25) is 0 Å². The van der Waals surface area contributed by atoms with Gasteiger partial charge in [0.1, 0.15) is 11.2 Å². The number of aromatic nitrogens is 2. The maximum absolute atomic E-state index is 15.0. The Labute approximate surface area is 337 Å². The molecule has 0 bridgehead atoms. The molecule has 282 valence electrons. The highest BCUT2D eigenvalue weighted by molar-refractivity contribution is 6.23. The summed E-state index contributed by atoms with van der Waals surface area (Å²) < 4.78 is 62.5. The van der Waals surface area contributed by atoms with E-state index < -0.39 is 11.7 Å². The number of hydrogen-bond acceptors (Lipinski definition) is 4. The summed E-state index contributed by atoms with van der Waals surface area (Å²) in [4.78, 5) is 0. The largest absolute Gasteiger partial charge is 0.454 e. The van der Waals surface area contributed by atoms with Gasteiger partial charge < -0.3 is 18.0 Å². The number of furan rings is 2. The van der Waals surface area contributed by atoms with Crippen molar-refractivity contribution in [1.29, 1.82) is 10.5 Å². The van der Waals surface area contributed by atoms with E-state index in [4.69, 9.17) is 8.83 Å². The highest BCUT2D eigenvalue weighted by Crippen LogP contribution is 2.47. The molecular formula is C51H25F3N4O2. The molecule has 0 saturated heterocycles. The zero-order chi connectivity index (χ0) is 40.4. The number of rotatable bonds is 3. The number of alkyl halides is 3. The lowest BCUT2D eigenvalue weighted by Gasteiger charge is -2.21. The first kappa shape index (κ1) is 33.8. The van der Waals surface area contributed by atoms with Crippen LogP contribution in [0.4, 0.5) is 13.2 Å². The van der Waals surface area contributed by atoms with Crippen molar-refractivity contribution in [3.63, 3.8) is 0 Å². The minimum absolute atomic E-state index is 0.0295. The minimum Gasteiger partial charge on any atom is -0.454 e. The fourth-order valence-corrected chi connectivity index (χ4v) is 9.37. The van der Waals surface area contributed by atoms with Gasteiger partial charge in [-0.25, -0.2) is 0 Å². The number of halogens is 3. The standard InChI is InChI=1S/C51H25F3N4O2/c52-51(53,54)39-15-9-10-28(26-55)46(39)38-25-43(58-41-17-6-2-12-31(41)35-21-23-37-33-14-4-8-19-45(33)60-50(37)48(35)58)42(24-29(38)27-56)57-40-16-5-1-11-30(40)34-20-22-36-32-13-3-7-18-44(32)59-49(36)47(34)57/h1-25H. The van der Waals surface area contributed by atoms with E-state index in [2.05, 4.69) is 16.7 Å². The fraction of sp³-hybridized carbons (Fsp3) is 0.0196. The second-order valence-corrected chi connectivity index (χ2v) is 14.9. The first-order chi connectivity index (χ1) is 29.3. The molecule has 0 saturated carbocycles. The number of para-hydroxylation sites is 4. The van der Waals surface area contributed by atoms with Crippen LogP contribution in [0.15, 0.2) is 160 Å². The van der Waals surface area contributed by atoms with Crippen LogP contribution >= 0.6 is 0 Å². The molecule has 60 heavy (non-hydrogen) atoms. The normalized spacial score (nSPS) is 12.2. The number of hydrogen-bond donors (Lipinski definition) is 0. The summed E-state index contributed by atoms with van der Waals surface area (Å²) in [6, 6.07) is 50.6.